The molecule has 0 aromatic carbocycles. The van der Waals surface area contributed by atoms with E-state index in [1.165, 1.54) is 0 Å². The first-order valence-electron chi connectivity index (χ1n) is 7.03. The van der Waals surface area contributed by atoms with Crippen molar-refractivity contribution in [2.24, 2.45) is 5.41 Å². The van der Waals surface area contributed by atoms with E-state index in [4.69, 9.17) is 9.84 Å². The van der Waals surface area contributed by atoms with Gasteiger partial charge in [0.05, 0.1) is 13.0 Å². The van der Waals surface area contributed by atoms with Crippen LogP contribution in [0, 0.1) is 5.41 Å². The average Bonchev–Trinajstić information content (AvgIpc) is 3.11. The molecule has 0 aromatic rings. The molecule has 0 bridgehead atoms. The molecule has 0 radical (unpaired) electrons. The second kappa shape index (κ2) is 6.92. The molecule has 2 amide bonds. The predicted octanol–water partition coefficient (Wildman–Crippen LogP) is 1.70. The minimum absolute atomic E-state index is 0.0714. The maximum atomic E-state index is 12.3. The molecular weight excluding hydrogens is 260 g/mol. The van der Waals surface area contributed by atoms with Gasteiger partial charge in [0, 0.05) is 25.7 Å². The van der Waals surface area contributed by atoms with Gasteiger partial charge < -0.3 is 20.1 Å². The van der Waals surface area contributed by atoms with E-state index in [2.05, 4.69) is 5.32 Å². The van der Waals surface area contributed by atoms with Crippen LogP contribution in [0.2, 0.25) is 0 Å². The van der Waals surface area contributed by atoms with E-state index in [0.717, 1.165) is 12.8 Å². The zero-order chi connectivity index (χ0) is 15.3. The summed E-state index contributed by atoms with van der Waals surface area (Å²) in [4.78, 5) is 25.0. The number of hydrogen-bond acceptors (Lipinski definition) is 3. The average molecular weight is 286 g/mol. The van der Waals surface area contributed by atoms with Crippen LogP contribution in [-0.4, -0.2) is 54.4 Å². The highest BCUT2D eigenvalue weighted by molar-refractivity contribution is 5.76. The van der Waals surface area contributed by atoms with E-state index in [-0.39, 0.29) is 23.9 Å². The maximum Gasteiger partial charge on any atom is 0.317 e. The number of ether oxygens (including phenoxy) is 1. The van der Waals surface area contributed by atoms with Crippen molar-refractivity contribution in [2.75, 3.05) is 20.3 Å². The fourth-order valence-electron chi connectivity index (χ4n) is 2.01. The SMILES string of the molecule is COCCN(C(=O)NC(CC(=O)O)C(C)(C)C)C1CC1. The lowest BCUT2D eigenvalue weighted by atomic mass is 9.85. The molecule has 116 valence electrons. The van der Waals surface area contributed by atoms with Gasteiger partial charge in [0.2, 0.25) is 0 Å². The second-order valence-corrected chi connectivity index (χ2v) is 6.38. The van der Waals surface area contributed by atoms with Gasteiger partial charge in [-0.15, -0.1) is 0 Å². The van der Waals surface area contributed by atoms with Crippen molar-refractivity contribution in [3.8, 4) is 0 Å². The quantitative estimate of drug-likeness (QED) is 0.746. The van der Waals surface area contributed by atoms with Gasteiger partial charge in [-0.3, -0.25) is 4.79 Å². The van der Waals surface area contributed by atoms with Crippen LogP contribution in [0.5, 0.6) is 0 Å². The van der Waals surface area contributed by atoms with E-state index in [1.54, 1.807) is 12.0 Å². The topological polar surface area (TPSA) is 78.9 Å². The van der Waals surface area contributed by atoms with Gasteiger partial charge in [-0.2, -0.15) is 0 Å². The van der Waals surface area contributed by atoms with Crippen molar-refractivity contribution in [1.29, 1.82) is 0 Å². The monoisotopic (exact) mass is 286 g/mol. The number of amides is 2. The lowest BCUT2D eigenvalue weighted by Crippen LogP contribution is -2.51. The molecule has 1 atom stereocenters. The number of urea groups is 1. The highest BCUT2D eigenvalue weighted by Crippen LogP contribution is 2.28. The van der Waals surface area contributed by atoms with Crippen LogP contribution in [0.3, 0.4) is 0 Å². The largest absolute Gasteiger partial charge is 0.481 e. The van der Waals surface area contributed by atoms with Gasteiger partial charge >= 0.3 is 12.0 Å². The molecule has 1 fully saturated rings. The second-order valence-electron chi connectivity index (χ2n) is 6.38. The summed E-state index contributed by atoms with van der Waals surface area (Å²) in [5.41, 5.74) is -0.301. The first-order chi connectivity index (χ1) is 9.25. The number of rotatable bonds is 7. The third kappa shape index (κ3) is 5.36. The summed E-state index contributed by atoms with van der Waals surface area (Å²) < 4.78 is 5.02. The molecule has 0 saturated heterocycles. The van der Waals surface area contributed by atoms with Crippen LogP contribution in [0.1, 0.15) is 40.0 Å². The van der Waals surface area contributed by atoms with Gasteiger partial charge in [0.25, 0.3) is 0 Å². The Morgan fingerprint density at radius 1 is 1.40 bits per heavy atom. The van der Waals surface area contributed by atoms with Gasteiger partial charge in [-0.25, -0.2) is 4.79 Å². The number of carboxylic acid groups (broad SMARTS) is 1. The summed E-state index contributed by atoms with van der Waals surface area (Å²) in [5, 5.41) is 11.8. The molecule has 1 rings (SSSR count). The zero-order valence-corrected chi connectivity index (χ0v) is 12.8. The number of nitrogens with one attached hydrogen (secondary N) is 1. The Bertz CT molecular complexity index is 348. The molecule has 1 unspecified atom stereocenters. The van der Waals surface area contributed by atoms with Crippen molar-refractivity contribution in [2.45, 2.75) is 52.1 Å². The number of methoxy groups -OCH3 is 1. The number of hydrogen-bond donors (Lipinski definition) is 2. The van der Waals surface area contributed by atoms with E-state index in [9.17, 15) is 9.59 Å². The summed E-state index contributed by atoms with van der Waals surface area (Å²) in [6.45, 7) is 6.81. The third-order valence-corrected chi connectivity index (χ3v) is 3.51. The Balaban J connectivity index is 2.65. The Kier molecular flexibility index (Phi) is 5.80. The van der Waals surface area contributed by atoms with E-state index < -0.39 is 12.0 Å². The van der Waals surface area contributed by atoms with E-state index >= 15 is 0 Å². The van der Waals surface area contributed by atoms with E-state index in [0.29, 0.717) is 13.2 Å². The summed E-state index contributed by atoms with van der Waals surface area (Å²) in [6.07, 6.45) is 1.95. The van der Waals surface area contributed by atoms with Crippen LogP contribution in [-0.2, 0) is 9.53 Å². The third-order valence-electron chi connectivity index (χ3n) is 3.51. The van der Waals surface area contributed by atoms with Crippen LogP contribution in [0.25, 0.3) is 0 Å². The van der Waals surface area contributed by atoms with Gasteiger partial charge in [-0.1, -0.05) is 20.8 Å². The molecular formula is C14H26N2O4. The Labute approximate surface area is 120 Å². The van der Waals surface area contributed by atoms with Crippen LogP contribution >= 0.6 is 0 Å². The smallest absolute Gasteiger partial charge is 0.317 e. The Hall–Kier alpha value is -1.30. The number of nitrogens with zero attached hydrogens (tertiary/aromatic N) is 1. The van der Waals surface area contributed by atoms with E-state index in [1.807, 2.05) is 20.8 Å². The summed E-state index contributed by atoms with van der Waals surface area (Å²) in [6, 6.07) is -0.308. The minimum Gasteiger partial charge on any atom is -0.481 e. The van der Waals surface area contributed by atoms with Crippen LogP contribution in [0.15, 0.2) is 0 Å². The summed E-state index contributed by atoms with van der Waals surface area (Å²) in [7, 11) is 1.60. The van der Waals surface area contributed by atoms with Crippen molar-refractivity contribution in [1.82, 2.24) is 10.2 Å². The van der Waals surface area contributed by atoms with Gasteiger partial charge in [0.1, 0.15) is 0 Å². The lowest BCUT2D eigenvalue weighted by molar-refractivity contribution is -0.138. The fourth-order valence-corrected chi connectivity index (χ4v) is 2.01. The standard InChI is InChI=1S/C14H26N2O4/c1-14(2,3)11(9-12(17)18)15-13(19)16(7-8-20-4)10-5-6-10/h10-11H,5-9H2,1-4H3,(H,15,19)(H,17,18). The van der Waals surface area contributed by atoms with Gasteiger partial charge in [-0.05, 0) is 18.3 Å². The first-order valence-corrected chi connectivity index (χ1v) is 7.03. The molecule has 6 nitrogen and oxygen atoms in total. The highest BCUT2D eigenvalue weighted by atomic mass is 16.5. The zero-order valence-electron chi connectivity index (χ0n) is 12.8. The molecule has 20 heavy (non-hydrogen) atoms. The normalized spacial score (nSPS) is 16.6. The molecule has 0 aromatic heterocycles. The number of carboxylic acids is 1. The number of aliphatic carboxylic acids is 1. The predicted molar refractivity (Wildman–Crippen MR) is 75.6 cm³/mol. The van der Waals surface area contributed by atoms with Crippen molar-refractivity contribution >= 4 is 12.0 Å². The van der Waals surface area contributed by atoms with Crippen LogP contribution in [0.4, 0.5) is 4.79 Å². The van der Waals surface area contributed by atoms with Gasteiger partial charge in [0.15, 0.2) is 0 Å². The van der Waals surface area contributed by atoms with Crippen molar-refractivity contribution in [3.05, 3.63) is 0 Å². The number of carbonyl (C=O) groups excluding carboxylic acids is 1. The maximum absolute atomic E-state index is 12.3. The molecule has 2 N–H and O–H groups in total. The van der Waals surface area contributed by atoms with Crippen molar-refractivity contribution in [3.63, 3.8) is 0 Å². The fraction of sp³-hybridized carbons (Fsp3) is 0.857. The Morgan fingerprint density at radius 2 is 2.00 bits per heavy atom. The highest BCUT2D eigenvalue weighted by Gasteiger charge is 2.35. The molecule has 6 heteroatoms. The minimum atomic E-state index is -0.903. The Morgan fingerprint density at radius 3 is 2.40 bits per heavy atom. The number of carbonyl (C=O) groups is 2. The molecule has 0 spiro atoms. The molecule has 0 heterocycles. The molecule has 1 saturated carbocycles. The van der Waals surface area contributed by atoms with Crippen molar-refractivity contribution < 1.29 is 19.4 Å². The summed E-state index contributed by atoms with van der Waals surface area (Å²) in [5.74, 6) is -0.903. The summed E-state index contributed by atoms with van der Waals surface area (Å²) >= 11 is 0. The molecule has 1 aliphatic rings. The molecule has 1 aliphatic carbocycles. The first kappa shape index (κ1) is 16.8. The molecule has 0 aliphatic heterocycles. The van der Waals surface area contributed by atoms with Crippen LogP contribution < -0.4 is 5.32 Å². The lowest BCUT2D eigenvalue weighted by Gasteiger charge is -2.33.